The van der Waals surface area contributed by atoms with E-state index in [1.165, 1.54) is 6.07 Å². The van der Waals surface area contributed by atoms with Gasteiger partial charge in [0, 0.05) is 49.3 Å². The van der Waals surface area contributed by atoms with Gasteiger partial charge < -0.3 is 20.5 Å². The van der Waals surface area contributed by atoms with Gasteiger partial charge in [-0.3, -0.25) is 14.3 Å². The molecule has 0 aliphatic carbocycles. The van der Waals surface area contributed by atoms with E-state index in [1.54, 1.807) is 22.9 Å². The lowest BCUT2D eigenvalue weighted by Crippen LogP contribution is -2.28. The quantitative estimate of drug-likeness (QED) is 0.599. The Kier molecular flexibility index (Phi) is 8.44. The summed E-state index contributed by atoms with van der Waals surface area (Å²) in [5.41, 5.74) is 7.76. The molecule has 0 unspecified atom stereocenters. The SMILES string of the molecule is CCn1nc(CC(C)(C)COC(=O)c2cccc(C(N)=O)c2)c2c1C(=O)NCCCOCCC2. The number of nitrogens with zero attached hydrogens (tertiary/aromatic N) is 2. The molecule has 0 radical (unpaired) electrons. The van der Waals surface area contributed by atoms with Gasteiger partial charge in [-0.2, -0.15) is 5.10 Å². The number of fused-ring (bicyclic) bond motifs is 1. The number of hydrogen-bond donors (Lipinski definition) is 2. The third kappa shape index (κ3) is 6.44. The van der Waals surface area contributed by atoms with Crippen molar-refractivity contribution in [3.63, 3.8) is 0 Å². The molecule has 0 bridgehead atoms. The molecule has 1 aliphatic heterocycles. The Morgan fingerprint density at radius 2 is 1.97 bits per heavy atom. The van der Waals surface area contributed by atoms with Crippen molar-refractivity contribution >= 4 is 17.8 Å². The summed E-state index contributed by atoms with van der Waals surface area (Å²) in [6.45, 7) is 8.50. The van der Waals surface area contributed by atoms with Crippen LogP contribution in [0, 0.1) is 5.41 Å². The van der Waals surface area contributed by atoms with Crippen molar-refractivity contribution in [1.29, 1.82) is 0 Å². The molecule has 2 aromatic rings. The minimum absolute atomic E-state index is 0.115. The van der Waals surface area contributed by atoms with E-state index in [9.17, 15) is 14.4 Å². The molecule has 3 rings (SSSR count). The van der Waals surface area contributed by atoms with Gasteiger partial charge >= 0.3 is 5.97 Å². The maximum absolute atomic E-state index is 12.9. The number of hydrogen-bond acceptors (Lipinski definition) is 6. The Morgan fingerprint density at radius 1 is 1.24 bits per heavy atom. The average molecular weight is 471 g/mol. The average Bonchev–Trinajstić information content (AvgIpc) is 3.13. The van der Waals surface area contributed by atoms with E-state index in [0.717, 1.165) is 24.1 Å². The molecule has 0 fully saturated rings. The number of ether oxygens (including phenoxy) is 2. The van der Waals surface area contributed by atoms with Gasteiger partial charge in [-0.25, -0.2) is 4.79 Å². The predicted molar refractivity (Wildman–Crippen MR) is 127 cm³/mol. The minimum atomic E-state index is -0.602. The van der Waals surface area contributed by atoms with Gasteiger partial charge in [0.2, 0.25) is 5.91 Å². The Bertz CT molecular complexity index is 1040. The second-order valence-electron chi connectivity index (χ2n) is 9.28. The second kappa shape index (κ2) is 11.3. The van der Waals surface area contributed by atoms with Crippen LogP contribution in [0.2, 0.25) is 0 Å². The summed E-state index contributed by atoms with van der Waals surface area (Å²) in [7, 11) is 0. The van der Waals surface area contributed by atoms with Crippen LogP contribution >= 0.6 is 0 Å². The van der Waals surface area contributed by atoms with Crippen LogP contribution in [0.4, 0.5) is 0 Å². The first-order valence-corrected chi connectivity index (χ1v) is 11.7. The molecule has 0 spiro atoms. The normalized spacial score (nSPS) is 15.1. The Morgan fingerprint density at radius 3 is 2.71 bits per heavy atom. The predicted octanol–water partition coefficient (Wildman–Crippen LogP) is 2.51. The first-order chi connectivity index (χ1) is 16.2. The van der Waals surface area contributed by atoms with Crippen LogP contribution in [0.25, 0.3) is 0 Å². The van der Waals surface area contributed by atoms with E-state index in [0.29, 0.717) is 44.8 Å². The summed E-state index contributed by atoms with van der Waals surface area (Å²) in [4.78, 5) is 36.9. The highest BCUT2D eigenvalue weighted by Crippen LogP contribution is 2.27. The first-order valence-electron chi connectivity index (χ1n) is 11.7. The Labute approximate surface area is 200 Å². The van der Waals surface area contributed by atoms with Crippen LogP contribution in [0.3, 0.4) is 0 Å². The first kappa shape index (κ1) is 25.4. The number of nitrogens with one attached hydrogen (secondary N) is 1. The molecule has 0 atom stereocenters. The molecule has 0 saturated heterocycles. The number of rotatable bonds is 7. The van der Waals surface area contributed by atoms with Gasteiger partial charge in [0.1, 0.15) is 5.69 Å². The van der Waals surface area contributed by atoms with E-state index in [1.807, 2.05) is 20.8 Å². The lowest BCUT2D eigenvalue weighted by Gasteiger charge is -2.24. The third-order valence-electron chi connectivity index (χ3n) is 5.74. The van der Waals surface area contributed by atoms with Crippen molar-refractivity contribution in [3.8, 4) is 0 Å². The molecular formula is C25H34N4O5. The van der Waals surface area contributed by atoms with E-state index < -0.39 is 17.3 Å². The Hall–Kier alpha value is -3.20. The van der Waals surface area contributed by atoms with Gasteiger partial charge in [-0.15, -0.1) is 0 Å². The maximum Gasteiger partial charge on any atom is 0.338 e. The van der Waals surface area contributed by atoms with E-state index in [-0.39, 0.29) is 23.6 Å². The van der Waals surface area contributed by atoms with Crippen LogP contribution in [0.1, 0.15) is 76.1 Å². The number of carbonyl (C=O) groups is 3. The number of esters is 1. The Balaban J connectivity index is 1.76. The molecule has 3 N–H and O–H groups in total. The molecule has 2 heterocycles. The zero-order valence-corrected chi connectivity index (χ0v) is 20.2. The summed E-state index contributed by atoms with van der Waals surface area (Å²) < 4.78 is 13.0. The van der Waals surface area contributed by atoms with Crippen LogP contribution in [-0.4, -0.2) is 53.9 Å². The van der Waals surface area contributed by atoms with Crippen molar-refractivity contribution in [2.45, 2.75) is 53.0 Å². The van der Waals surface area contributed by atoms with Gasteiger partial charge in [-0.1, -0.05) is 19.9 Å². The summed E-state index contributed by atoms with van der Waals surface area (Å²) in [5.74, 6) is -1.24. The number of aryl methyl sites for hydroxylation is 1. The van der Waals surface area contributed by atoms with Crippen molar-refractivity contribution in [2.75, 3.05) is 26.4 Å². The molecule has 9 nitrogen and oxygen atoms in total. The van der Waals surface area contributed by atoms with Crippen molar-refractivity contribution in [3.05, 3.63) is 52.3 Å². The zero-order valence-electron chi connectivity index (χ0n) is 20.2. The fourth-order valence-electron chi connectivity index (χ4n) is 4.00. The largest absolute Gasteiger partial charge is 0.462 e. The fourth-order valence-corrected chi connectivity index (χ4v) is 4.00. The van der Waals surface area contributed by atoms with Crippen LogP contribution in [0.5, 0.6) is 0 Å². The third-order valence-corrected chi connectivity index (χ3v) is 5.74. The van der Waals surface area contributed by atoms with E-state index in [2.05, 4.69) is 5.32 Å². The molecule has 9 heteroatoms. The minimum Gasteiger partial charge on any atom is -0.462 e. The summed E-state index contributed by atoms with van der Waals surface area (Å²) >= 11 is 0. The highest BCUT2D eigenvalue weighted by atomic mass is 16.5. The number of carbonyl (C=O) groups excluding carboxylic acids is 3. The molecule has 1 aromatic carbocycles. The highest BCUT2D eigenvalue weighted by molar-refractivity contribution is 5.97. The number of amides is 2. The van der Waals surface area contributed by atoms with E-state index >= 15 is 0 Å². The fraction of sp³-hybridized carbons (Fsp3) is 0.520. The zero-order chi connectivity index (χ0) is 24.7. The van der Waals surface area contributed by atoms with Crippen LogP contribution in [-0.2, 0) is 28.9 Å². The lowest BCUT2D eigenvalue weighted by atomic mass is 9.86. The molecule has 1 aromatic heterocycles. The van der Waals surface area contributed by atoms with Gasteiger partial charge in [0.25, 0.3) is 5.91 Å². The lowest BCUT2D eigenvalue weighted by molar-refractivity contribution is 0.0339. The van der Waals surface area contributed by atoms with Gasteiger partial charge in [-0.05, 0) is 44.4 Å². The number of nitrogens with two attached hydrogens (primary N) is 1. The van der Waals surface area contributed by atoms with Crippen LogP contribution in [0.15, 0.2) is 24.3 Å². The number of aromatic nitrogens is 2. The summed E-state index contributed by atoms with van der Waals surface area (Å²) in [5, 5.41) is 7.73. The van der Waals surface area contributed by atoms with Gasteiger partial charge in [0.05, 0.1) is 17.9 Å². The molecule has 1 aliphatic rings. The standard InChI is InChI=1S/C25H34N4O5/c1-4-29-21-19(10-6-12-33-13-7-11-27-23(21)31)20(28-29)15-25(2,3)16-34-24(32)18-9-5-8-17(14-18)22(26)30/h5,8-9,14H,4,6-7,10-13,15-16H2,1-3H3,(H2,26,30)(H,27,31). The van der Waals surface area contributed by atoms with Crippen LogP contribution < -0.4 is 11.1 Å². The van der Waals surface area contributed by atoms with E-state index in [4.69, 9.17) is 20.3 Å². The smallest absolute Gasteiger partial charge is 0.338 e. The molecule has 34 heavy (non-hydrogen) atoms. The number of primary amides is 1. The number of benzene rings is 1. The second-order valence-corrected chi connectivity index (χ2v) is 9.28. The maximum atomic E-state index is 12.9. The highest BCUT2D eigenvalue weighted by Gasteiger charge is 2.29. The molecular weight excluding hydrogens is 436 g/mol. The molecule has 0 saturated carbocycles. The van der Waals surface area contributed by atoms with Gasteiger partial charge in [0.15, 0.2) is 0 Å². The topological polar surface area (TPSA) is 126 Å². The van der Waals surface area contributed by atoms with Crippen molar-refractivity contribution < 1.29 is 23.9 Å². The summed E-state index contributed by atoms with van der Waals surface area (Å²) in [6, 6.07) is 6.16. The summed E-state index contributed by atoms with van der Waals surface area (Å²) in [6.07, 6.45) is 2.79. The van der Waals surface area contributed by atoms with Crippen molar-refractivity contribution in [1.82, 2.24) is 15.1 Å². The molecule has 184 valence electrons. The molecule has 2 amide bonds. The monoisotopic (exact) mass is 470 g/mol. The van der Waals surface area contributed by atoms with Crippen molar-refractivity contribution in [2.24, 2.45) is 11.1 Å².